The van der Waals surface area contributed by atoms with Gasteiger partial charge in [-0.1, -0.05) is 45.6 Å². The maximum atomic E-state index is 2.43. The zero-order valence-corrected chi connectivity index (χ0v) is 8.19. The molecule has 0 N–H and O–H groups in total. The Morgan fingerprint density at radius 2 is 1.80 bits per heavy atom. The topological polar surface area (TPSA) is 0 Å². The van der Waals surface area contributed by atoms with Gasteiger partial charge in [-0.2, -0.15) is 0 Å². The molecule has 2 radical (unpaired) electrons. The number of rotatable bonds is 2. The Kier molecular flexibility index (Phi) is 3.47. The normalized spacial score (nSPS) is 24.6. The van der Waals surface area contributed by atoms with E-state index in [-0.39, 0.29) is 0 Å². The van der Waals surface area contributed by atoms with Gasteiger partial charge < -0.3 is 0 Å². The summed E-state index contributed by atoms with van der Waals surface area (Å²) < 4.78 is 0. The summed E-state index contributed by atoms with van der Waals surface area (Å²) in [5.74, 6) is 1.08. The van der Waals surface area contributed by atoms with Gasteiger partial charge in [0.25, 0.3) is 0 Å². The highest BCUT2D eigenvalue weighted by Gasteiger charge is 2.18. The molecule has 1 heteroatoms. The summed E-state index contributed by atoms with van der Waals surface area (Å²) in [4.78, 5) is 0. The molecule has 0 bridgehead atoms. The van der Waals surface area contributed by atoms with Crippen LogP contribution in [0.5, 0.6) is 0 Å². The maximum absolute atomic E-state index is 2.43. The lowest BCUT2D eigenvalue weighted by molar-refractivity contribution is 0.348. The molecule has 0 amide bonds. The Morgan fingerprint density at radius 1 is 1.20 bits per heavy atom. The molecule has 0 spiro atoms. The second-order valence-corrected chi connectivity index (χ2v) is 4.96. The van der Waals surface area contributed by atoms with Gasteiger partial charge in [0.15, 0.2) is 0 Å². The molecule has 0 aliphatic heterocycles. The molecule has 0 aromatic rings. The summed E-state index contributed by atoms with van der Waals surface area (Å²) in [5.41, 5.74) is 1.01. The Balaban J connectivity index is 2.24. The summed E-state index contributed by atoms with van der Waals surface area (Å²) >= 11 is 0. The van der Waals surface area contributed by atoms with Crippen molar-refractivity contribution in [1.82, 2.24) is 0 Å². The van der Waals surface area contributed by atoms with Crippen LogP contribution in [-0.2, 0) is 0 Å². The van der Waals surface area contributed by atoms with Gasteiger partial charge in [-0.05, 0) is 11.5 Å². The molecule has 1 rings (SSSR count). The van der Waals surface area contributed by atoms with Crippen molar-refractivity contribution in [1.29, 1.82) is 0 Å². The van der Waals surface area contributed by atoms with Crippen LogP contribution in [0.25, 0.3) is 0 Å². The molecule has 0 heterocycles. The quantitative estimate of drug-likeness (QED) is 0.536. The van der Waals surface area contributed by atoms with E-state index in [1.807, 2.05) is 0 Å². The van der Waals surface area contributed by atoms with E-state index >= 15 is 0 Å². The van der Waals surface area contributed by atoms with Gasteiger partial charge in [0, 0.05) is 9.52 Å². The van der Waals surface area contributed by atoms with Gasteiger partial charge in [0.1, 0.15) is 0 Å². The van der Waals surface area contributed by atoms with Crippen LogP contribution in [0.4, 0.5) is 0 Å². The zero-order chi connectivity index (χ0) is 7.40. The van der Waals surface area contributed by atoms with E-state index in [0.717, 1.165) is 21.0 Å². The number of hydrogen-bond donors (Lipinski definition) is 0. The molecule has 1 saturated carbocycles. The van der Waals surface area contributed by atoms with Crippen molar-refractivity contribution in [3.63, 3.8) is 0 Å². The average Bonchev–Trinajstić information content (AvgIpc) is 2.05. The van der Waals surface area contributed by atoms with Gasteiger partial charge in [0.05, 0.1) is 0 Å². The molecule has 0 nitrogen and oxygen atoms in total. The van der Waals surface area contributed by atoms with E-state index in [2.05, 4.69) is 13.5 Å². The molecule has 1 atom stereocenters. The van der Waals surface area contributed by atoms with Crippen molar-refractivity contribution in [2.24, 2.45) is 5.92 Å². The summed E-state index contributed by atoms with van der Waals surface area (Å²) in [7, 11) is 1.16. The molecule has 1 aliphatic carbocycles. The van der Waals surface area contributed by atoms with E-state index in [4.69, 9.17) is 0 Å². The molecular weight excluding hydrogens is 136 g/mol. The van der Waals surface area contributed by atoms with Crippen molar-refractivity contribution >= 4 is 9.52 Å². The summed E-state index contributed by atoms with van der Waals surface area (Å²) in [5, 5.41) is 0. The lowest BCUT2D eigenvalue weighted by atomic mass is 9.87. The average molecular weight is 154 g/mol. The van der Waals surface area contributed by atoms with Gasteiger partial charge in [0.2, 0.25) is 0 Å². The molecule has 0 saturated heterocycles. The lowest BCUT2D eigenvalue weighted by Gasteiger charge is -2.26. The molecule has 0 aromatic heterocycles. The third-order valence-electron chi connectivity index (χ3n) is 2.81. The molecule has 1 aliphatic rings. The van der Waals surface area contributed by atoms with Crippen LogP contribution in [0, 0.1) is 5.92 Å². The van der Waals surface area contributed by atoms with Crippen molar-refractivity contribution in [2.45, 2.75) is 51.1 Å². The van der Waals surface area contributed by atoms with Crippen LogP contribution in [0.1, 0.15) is 39.0 Å². The summed E-state index contributed by atoms with van der Waals surface area (Å²) in [6, 6.07) is 0. The molecule has 1 unspecified atom stereocenters. The highest BCUT2D eigenvalue weighted by Crippen LogP contribution is 2.32. The smallest absolute Gasteiger partial charge is 0.0378 e. The Labute approximate surface area is 67.2 Å². The predicted molar refractivity (Wildman–Crippen MR) is 47.6 cm³/mol. The van der Waals surface area contributed by atoms with E-state index in [1.165, 1.54) is 32.1 Å². The van der Waals surface area contributed by atoms with E-state index in [1.54, 1.807) is 0 Å². The van der Waals surface area contributed by atoms with E-state index in [9.17, 15) is 0 Å². The Bertz CT molecular complexity index is 84.7. The molecule has 1 fully saturated rings. The Hall–Kier alpha value is 0.217. The first-order valence-corrected chi connectivity index (χ1v) is 6.09. The fraction of sp³-hybridized carbons (Fsp3) is 1.00. The molecule has 10 heavy (non-hydrogen) atoms. The van der Waals surface area contributed by atoms with Gasteiger partial charge in [-0.15, -0.1) is 0 Å². The van der Waals surface area contributed by atoms with Crippen LogP contribution in [-0.4, -0.2) is 9.52 Å². The van der Waals surface area contributed by atoms with E-state index < -0.39 is 0 Å². The van der Waals surface area contributed by atoms with Crippen molar-refractivity contribution < 1.29 is 0 Å². The molecule has 0 aromatic carbocycles. The highest BCUT2D eigenvalue weighted by atomic mass is 28.2. The summed E-state index contributed by atoms with van der Waals surface area (Å²) in [6.45, 7) is 4.77. The SMILES string of the molecule is C[Si]C(C)C1CCCCC1. The fourth-order valence-electron chi connectivity index (χ4n) is 1.87. The van der Waals surface area contributed by atoms with Gasteiger partial charge in [-0.3, -0.25) is 0 Å². The van der Waals surface area contributed by atoms with E-state index in [0.29, 0.717) is 0 Å². The third-order valence-corrected chi connectivity index (χ3v) is 4.19. The minimum absolute atomic E-state index is 1.01. The first kappa shape index (κ1) is 8.31. The standard InChI is InChI=1S/C9H18Si/c1-8(10-2)9-6-4-3-5-7-9/h8-9H,3-7H2,1-2H3. The summed E-state index contributed by atoms with van der Waals surface area (Å²) in [6.07, 6.45) is 7.53. The van der Waals surface area contributed by atoms with Crippen molar-refractivity contribution in [3.8, 4) is 0 Å². The zero-order valence-electron chi connectivity index (χ0n) is 7.19. The van der Waals surface area contributed by atoms with Gasteiger partial charge >= 0.3 is 0 Å². The van der Waals surface area contributed by atoms with Crippen molar-refractivity contribution in [2.75, 3.05) is 0 Å². The lowest BCUT2D eigenvalue weighted by Crippen LogP contribution is -2.14. The maximum Gasteiger partial charge on any atom is 0.0378 e. The van der Waals surface area contributed by atoms with Crippen LogP contribution < -0.4 is 0 Å². The van der Waals surface area contributed by atoms with Crippen LogP contribution in [0.3, 0.4) is 0 Å². The van der Waals surface area contributed by atoms with Crippen LogP contribution in [0.2, 0.25) is 12.1 Å². The first-order chi connectivity index (χ1) is 4.84. The second-order valence-electron chi connectivity index (χ2n) is 3.48. The van der Waals surface area contributed by atoms with Crippen LogP contribution >= 0.6 is 0 Å². The fourth-order valence-corrected chi connectivity index (χ4v) is 2.67. The number of hydrogen-bond acceptors (Lipinski definition) is 0. The Morgan fingerprint density at radius 3 is 2.30 bits per heavy atom. The molecule has 58 valence electrons. The molecular formula is C9H18Si. The highest BCUT2D eigenvalue weighted by molar-refractivity contribution is 6.35. The van der Waals surface area contributed by atoms with Crippen LogP contribution in [0.15, 0.2) is 0 Å². The minimum Gasteiger partial charge on any atom is -0.0731 e. The third kappa shape index (κ3) is 2.12. The predicted octanol–water partition coefficient (Wildman–Crippen LogP) is 3.13. The minimum atomic E-state index is 1.01. The largest absolute Gasteiger partial charge is 0.0731 e. The monoisotopic (exact) mass is 154 g/mol. The van der Waals surface area contributed by atoms with Crippen molar-refractivity contribution in [3.05, 3.63) is 0 Å². The first-order valence-electron chi connectivity index (χ1n) is 4.52. The van der Waals surface area contributed by atoms with Gasteiger partial charge in [-0.25, -0.2) is 0 Å². The second kappa shape index (κ2) is 4.17.